The van der Waals surface area contributed by atoms with Crippen molar-refractivity contribution < 1.29 is 9.59 Å². The summed E-state index contributed by atoms with van der Waals surface area (Å²) in [6.07, 6.45) is 5.20. The fourth-order valence-corrected chi connectivity index (χ4v) is 3.27. The predicted octanol–water partition coefficient (Wildman–Crippen LogP) is -0.123. The second-order valence-electron chi connectivity index (χ2n) is 4.05. The van der Waals surface area contributed by atoms with E-state index >= 15 is 0 Å². The fraction of sp³-hybridized carbons (Fsp3) is 0.556. The van der Waals surface area contributed by atoms with Crippen LogP contribution in [0.3, 0.4) is 0 Å². The van der Waals surface area contributed by atoms with Gasteiger partial charge in [0.2, 0.25) is 11.8 Å². The van der Waals surface area contributed by atoms with Crippen molar-refractivity contribution in [3.8, 4) is 0 Å². The van der Waals surface area contributed by atoms with Gasteiger partial charge in [-0.1, -0.05) is 12.2 Å². The molecule has 64 valence electrons. The second-order valence-corrected chi connectivity index (χ2v) is 4.56. The molecule has 0 aromatic rings. The van der Waals surface area contributed by atoms with Gasteiger partial charge in [-0.15, -0.1) is 0 Å². The van der Waals surface area contributed by atoms with Crippen LogP contribution in [0.15, 0.2) is 12.2 Å². The molecule has 0 N–H and O–H groups in total. The lowest BCUT2D eigenvalue weighted by Crippen LogP contribution is -2.30. The molecule has 2 fully saturated rings. The molecule has 2 aliphatic carbocycles. The third-order valence-corrected chi connectivity index (χ3v) is 4.01. The summed E-state index contributed by atoms with van der Waals surface area (Å²) in [7, 11) is 0. The number of hydrogen-bond acceptors (Lipinski definition) is 2. The number of fused-ring (bicyclic) bond motifs is 5. The van der Waals surface area contributed by atoms with Gasteiger partial charge in [-0.3, -0.25) is 9.59 Å². The predicted molar refractivity (Wildman–Crippen MR) is 45.3 cm³/mol. The van der Waals surface area contributed by atoms with Gasteiger partial charge >= 0.3 is 16.5 Å². The number of carbonyl (C=O) groups excluding carboxylic acids is 2. The normalized spacial score (nSPS) is 46.3. The molecule has 0 aromatic carbocycles. The van der Waals surface area contributed by atoms with E-state index in [1.807, 2.05) is 0 Å². The number of hydrogen-bond donors (Lipinski definition) is 0. The molecule has 0 spiro atoms. The standard InChI is InChI=1S/C9H9NO2.Al/c11-8-6-4-1-2-5(3-4)7(6)9(12)10-8;/h1-2,4-7H,3H2,(H,10,11,12);/q;+1/p-1. The molecule has 1 aliphatic heterocycles. The molecular weight excluding hydrogens is 181 g/mol. The van der Waals surface area contributed by atoms with Crippen LogP contribution in [0.1, 0.15) is 6.42 Å². The van der Waals surface area contributed by atoms with Crippen LogP contribution < -0.4 is 0 Å². The Morgan fingerprint density at radius 1 is 1.15 bits per heavy atom. The van der Waals surface area contributed by atoms with E-state index in [-0.39, 0.29) is 23.7 Å². The molecule has 3 rings (SSSR count). The van der Waals surface area contributed by atoms with Gasteiger partial charge in [0, 0.05) is 0 Å². The van der Waals surface area contributed by atoms with Crippen molar-refractivity contribution in [2.45, 2.75) is 6.42 Å². The van der Waals surface area contributed by atoms with E-state index in [9.17, 15) is 9.59 Å². The van der Waals surface area contributed by atoms with Gasteiger partial charge in [0.15, 0.2) is 0 Å². The highest BCUT2D eigenvalue weighted by Crippen LogP contribution is 2.51. The van der Waals surface area contributed by atoms with E-state index in [2.05, 4.69) is 28.7 Å². The fourth-order valence-electron chi connectivity index (χ4n) is 2.93. The van der Waals surface area contributed by atoms with Gasteiger partial charge in [0.25, 0.3) is 0 Å². The molecule has 2 bridgehead atoms. The zero-order valence-corrected chi connectivity index (χ0v) is 8.17. The van der Waals surface area contributed by atoms with Crippen LogP contribution in [0.5, 0.6) is 0 Å². The highest BCUT2D eigenvalue weighted by atomic mass is 27.1. The summed E-state index contributed by atoms with van der Waals surface area (Å²) in [5.74, 6) is 0.572. The van der Waals surface area contributed by atoms with Gasteiger partial charge in [-0.2, -0.15) is 0 Å². The lowest BCUT2D eigenvalue weighted by molar-refractivity contribution is -0.134. The Balaban J connectivity index is 2.08. The van der Waals surface area contributed by atoms with Gasteiger partial charge in [-0.25, -0.2) is 0 Å². The first-order chi connectivity index (χ1) is 6.20. The van der Waals surface area contributed by atoms with E-state index in [0.29, 0.717) is 11.8 Å². The van der Waals surface area contributed by atoms with Crippen molar-refractivity contribution in [1.29, 1.82) is 0 Å². The topological polar surface area (TPSA) is 37.4 Å². The van der Waals surface area contributed by atoms with Crippen molar-refractivity contribution in [1.82, 2.24) is 3.88 Å². The van der Waals surface area contributed by atoms with Crippen molar-refractivity contribution in [3.05, 3.63) is 12.2 Å². The largest absolute Gasteiger partial charge is 0.396 e. The Morgan fingerprint density at radius 2 is 1.62 bits per heavy atom. The van der Waals surface area contributed by atoms with Gasteiger partial charge in [0.05, 0.1) is 11.8 Å². The third kappa shape index (κ3) is 0.763. The lowest BCUT2D eigenvalue weighted by atomic mass is 9.85. The molecule has 1 saturated heterocycles. The minimum atomic E-state index is -0.0417. The first kappa shape index (κ1) is 7.78. The number of imide groups is 1. The number of carbonyl (C=O) groups is 2. The number of amides is 2. The Labute approximate surface area is 84.4 Å². The minimum Gasteiger partial charge on any atom is -0.396 e. The van der Waals surface area contributed by atoms with Crippen LogP contribution in [0, 0.1) is 23.7 Å². The first-order valence-electron chi connectivity index (χ1n) is 4.51. The minimum absolute atomic E-state index is 0.00292. The molecule has 2 amide bonds. The zero-order valence-electron chi connectivity index (χ0n) is 7.01. The van der Waals surface area contributed by atoms with Crippen molar-refractivity contribution >= 4 is 28.3 Å². The maximum Gasteiger partial charge on any atom is 0.327 e. The smallest absolute Gasteiger partial charge is 0.327 e. The van der Waals surface area contributed by atoms with Crippen LogP contribution >= 0.6 is 0 Å². The maximum atomic E-state index is 11.6. The summed E-state index contributed by atoms with van der Waals surface area (Å²) >= 11 is 2.23. The SMILES string of the molecule is O=C1C2C3C=CC(C3)C2C(=O)[N]1[Al]. The number of allylic oxidation sites excluding steroid dienone is 2. The highest BCUT2D eigenvalue weighted by Gasteiger charge is 2.57. The molecule has 4 unspecified atom stereocenters. The van der Waals surface area contributed by atoms with Crippen molar-refractivity contribution in [2.24, 2.45) is 23.7 Å². The Hall–Kier alpha value is -0.588. The van der Waals surface area contributed by atoms with E-state index in [1.54, 1.807) is 0 Å². The molecule has 1 saturated carbocycles. The molecule has 3 nitrogen and oxygen atoms in total. The van der Waals surface area contributed by atoms with Crippen molar-refractivity contribution in [2.75, 3.05) is 0 Å². The summed E-state index contributed by atoms with van der Waals surface area (Å²) < 4.78 is 1.22. The van der Waals surface area contributed by atoms with Gasteiger partial charge in [-0.05, 0) is 18.3 Å². The van der Waals surface area contributed by atoms with Crippen LogP contribution in [0.25, 0.3) is 0 Å². The van der Waals surface area contributed by atoms with Gasteiger partial charge in [0.1, 0.15) is 0 Å². The third-order valence-electron chi connectivity index (χ3n) is 3.50. The van der Waals surface area contributed by atoms with E-state index < -0.39 is 0 Å². The quantitative estimate of drug-likeness (QED) is 0.302. The molecule has 13 heavy (non-hydrogen) atoms. The summed E-state index contributed by atoms with van der Waals surface area (Å²) in [5, 5.41) is 0. The zero-order chi connectivity index (χ0) is 9.16. The lowest BCUT2D eigenvalue weighted by Gasteiger charge is -2.14. The van der Waals surface area contributed by atoms with E-state index in [4.69, 9.17) is 0 Å². The molecule has 0 aromatic heterocycles. The van der Waals surface area contributed by atoms with Crippen LogP contribution in [-0.4, -0.2) is 32.2 Å². The first-order valence-corrected chi connectivity index (χ1v) is 5.02. The molecule has 2 radical (unpaired) electrons. The van der Waals surface area contributed by atoms with E-state index in [1.165, 1.54) is 3.88 Å². The number of rotatable bonds is 0. The highest BCUT2D eigenvalue weighted by molar-refractivity contribution is 6.28. The van der Waals surface area contributed by atoms with Crippen LogP contribution in [0.4, 0.5) is 0 Å². The maximum absolute atomic E-state index is 11.6. The average Bonchev–Trinajstić information content (AvgIpc) is 2.76. The van der Waals surface area contributed by atoms with Crippen LogP contribution in [-0.2, 0) is 9.59 Å². The molecule has 4 heteroatoms. The average molecular weight is 189 g/mol. The van der Waals surface area contributed by atoms with E-state index in [0.717, 1.165) is 6.42 Å². The molecule has 4 atom stereocenters. The van der Waals surface area contributed by atoms with Crippen molar-refractivity contribution in [3.63, 3.8) is 0 Å². The Kier molecular flexibility index (Phi) is 1.35. The number of nitrogens with zero attached hydrogens (tertiary/aromatic N) is 1. The summed E-state index contributed by atoms with van der Waals surface area (Å²) in [4.78, 5) is 23.3. The monoisotopic (exact) mass is 189 g/mol. The summed E-state index contributed by atoms with van der Waals surface area (Å²) in [6.45, 7) is 0. The molecule has 1 heterocycles. The summed E-state index contributed by atoms with van der Waals surface area (Å²) in [5.41, 5.74) is 0. The summed E-state index contributed by atoms with van der Waals surface area (Å²) in [6, 6.07) is 0. The molecule has 3 aliphatic rings. The van der Waals surface area contributed by atoms with Crippen LogP contribution in [0.2, 0.25) is 0 Å². The Bertz CT molecular complexity index is 309. The Morgan fingerprint density at radius 3 is 2.08 bits per heavy atom. The van der Waals surface area contributed by atoms with Gasteiger partial charge < -0.3 is 3.88 Å². The molecular formula is C9H8AlNO2. The second kappa shape index (κ2) is 2.26.